The van der Waals surface area contributed by atoms with Crippen LogP contribution in [0.4, 0.5) is 0 Å². The molecular formula is C13H14Cl2N2OS. The number of rotatable bonds is 4. The van der Waals surface area contributed by atoms with E-state index in [4.69, 9.17) is 23.2 Å². The predicted molar refractivity (Wildman–Crippen MR) is 81.6 cm³/mol. The summed E-state index contributed by atoms with van der Waals surface area (Å²) in [5.74, 6) is 0. The van der Waals surface area contributed by atoms with Crippen LogP contribution in [-0.2, 0) is 6.54 Å². The predicted octanol–water partition coefficient (Wildman–Crippen LogP) is 3.97. The first kappa shape index (κ1) is 14.6. The van der Waals surface area contributed by atoms with Gasteiger partial charge in [-0.25, -0.2) is 0 Å². The lowest BCUT2D eigenvalue weighted by molar-refractivity contribution is 0.590. The van der Waals surface area contributed by atoms with Crippen molar-refractivity contribution in [1.82, 2.24) is 9.78 Å². The lowest BCUT2D eigenvalue weighted by Crippen LogP contribution is -2.21. The molecule has 1 aromatic heterocycles. The van der Waals surface area contributed by atoms with Crippen LogP contribution >= 0.6 is 35.0 Å². The Morgan fingerprint density at radius 3 is 2.63 bits per heavy atom. The van der Waals surface area contributed by atoms with Crippen LogP contribution in [0.25, 0.3) is 0 Å². The minimum Gasteiger partial charge on any atom is -0.300 e. The van der Waals surface area contributed by atoms with Gasteiger partial charge in [-0.05, 0) is 25.1 Å². The zero-order chi connectivity index (χ0) is 14.0. The second-order valence-corrected chi connectivity index (χ2v) is 6.72. The average molecular weight is 317 g/mol. The number of H-pyrrole nitrogens is 1. The Balaban J connectivity index is 2.05. The number of nitrogens with one attached hydrogen (secondary N) is 1. The summed E-state index contributed by atoms with van der Waals surface area (Å²) in [4.78, 5) is 12.7. The van der Waals surface area contributed by atoms with Gasteiger partial charge in [0.2, 0.25) is 0 Å². The van der Waals surface area contributed by atoms with Crippen LogP contribution in [0.3, 0.4) is 0 Å². The van der Waals surface area contributed by atoms with E-state index >= 15 is 0 Å². The maximum absolute atomic E-state index is 11.6. The van der Waals surface area contributed by atoms with Crippen molar-refractivity contribution in [2.24, 2.45) is 0 Å². The Bertz CT molecular complexity index is 636. The van der Waals surface area contributed by atoms with E-state index in [1.54, 1.807) is 28.6 Å². The van der Waals surface area contributed by atoms with Crippen LogP contribution in [0.5, 0.6) is 0 Å². The molecule has 0 aliphatic carbocycles. The maximum Gasteiger partial charge on any atom is 0.266 e. The van der Waals surface area contributed by atoms with Gasteiger partial charge < -0.3 is 0 Å². The molecule has 2 rings (SSSR count). The molecule has 0 radical (unpaired) electrons. The number of aryl methyl sites for hydroxylation is 1. The molecular weight excluding hydrogens is 303 g/mol. The van der Waals surface area contributed by atoms with E-state index in [9.17, 15) is 4.79 Å². The van der Waals surface area contributed by atoms with Crippen molar-refractivity contribution in [3.05, 3.63) is 50.4 Å². The molecule has 1 N–H and O–H groups in total. The molecule has 0 spiro atoms. The van der Waals surface area contributed by atoms with Gasteiger partial charge in [-0.2, -0.15) is 0 Å². The van der Waals surface area contributed by atoms with E-state index in [-0.39, 0.29) is 10.8 Å². The van der Waals surface area contributed by atoms with Gasteiger partial charge in [0.1, 0.15) is 0 Å². The van der Waals surface area contributed by atoms with Gasteiger partial charge >= 0.3 is 0 Å². The van der Waals surface area contributed by atoms with E-state index in [1.807, 2.05) is 19.1 Å². The van der Waals surface area contributed by atoms with Gasteiger partial charge in [0, 0.05) is 21.9 Å². The summed E-state index contributed by atoms with van der Waals surface area (Å²) in [6.07, 6.45) is 0. The lowest BCUT2D eigenvalue weighted by Gasteiger charge is -2.12. The van der Waals surface area contributed by atoms with E-state index in [2.05, 4.69) is 12.0 Å². The lowest BCUT2D eigenvalue weighted by atomic mass is 10.4. The average Bonchev–Trinajstić information content (AvgIpc) is 2.62. The van der Waals surface area contributed by atoms with Crippen LogP contribution in [-0.4, -0.2) is 15.0 Å². The SMILES string of the molecule is Cc1cc(=O)n(CC(C)Sc2ccc(Cl)c(Cl)c2)[nH]1. The fourth-order valence-corrected chi connectivity index (χ4v) is 3.16. The van der Waals surface area contributed by atoms with Crippen LogP contribution < -0.4 is 5.56 Å². The van der Waals surface area contributed by atoms with Crippen molar-refractivity contribution >= 4 is 35.0 Å². The van der Waals surface area contributed by atoms with Gasteiger partial charge in [0.15, 0.2) is 0 Å². The van der Waals surface area contributed by atoms with Crippen LogP contribution in [0.15, 0.2) is 34.0 Å². The fourth-order valence-electron chi connectivity index (χ4n) is 1.78. The molecule has 19 heavy (non-hydrogen) atoms. The smallest absolute Gasteiger partial charge is 0.266 e. The number of aromatic amines is 1. The Morgan fingerprint density at radius 2 is 2.05 bits per heavy atom. The fraction of sp³-hybridized carbons (Fsp3) is 0.308. The summed E-state index contributed by atoms with van der Waals surface area (Å²) in [5, 5.41) is 4.37. The Hall–Kier alpha value is -0.840. The molecule has 1 unspecified atom stereocenters. The third-order valence-electron chi connectivity index (χ3n) is 2.59. The molecule has 2 aromatic rings. The minimum atomic E-state index is -0.000844. The largest absolute Gasteiger partial charge is 0.300 e. The molecule has 0 saturated heterocycles. The Labute approximate surface area is 125 Å². The molecule has 102 valence electrons. The van der Waals surface area contributed by atoms with E-state index in [0.29, 0.717) is 16.6 Å². The number of nitrogens with zero attached hydrogens (tertiary/aromatic N) is 1. The van der Waals surface area contributed by atoms with Crippen LogP contribution in [0.1, 0.15) is 12.6 Å². The third kappa shape index (κ3) is 3.81. The van der Waals surface area contributed by atoms with E-state index in [0.717, 1.165) is 10.6 Å². The molecule has 1 aromatic carbocycles. The topological polar surface area (TPSA) is 37.8 Å². The van der Waals surface area contributed by atoms with Crippen molar-refractivity contribution in [3.8, 4) is 0 Å². The summed E-state index contributed by atoms with van der Waals surface area (Å²) in [6.45, 7) is 4.56. The minimum absolute atomic E-state index is 0.000844. The first-order valence-electron chi connectivity index (χ1n) is 5.84. The number of benzene rings is 1. The molecule has 0 saturated carbocycles. The summed E-state index contributed by atoms with van der Waals surface area (Å²) in [6, 6.07) is 7.15. The molecule has 0 aliphatic rings. The van der Waals surface area contributed by atoms with Crippen molar-refractivity contribution in [2.45, 2.75) is 30.5 Å². The second kappa shape index (κ2) is 6.07. The highest BCUT2D eigenvalue weighted by atomic mass is 35.5. The van der Waals surface area contributed by atoms with Crippen LogP contribution in [0.2, 0.25) is 10.0 Å². The molecule has 6 heteroatoms. The second-order valence-electron chi connectivity index (χ2n) is 4.39. The summed E-state index contributed by atoms with van der Waals surface area (Å²) < 4.78 is 1.62. The van der Waals surface area contributed by atoms with Crippen molar-refractivity contribution in [1.29, 1.82) is 0 Å². The Kier molecular flexibility index (Phi) is 4.66. The summed E-state index contributed by atoms with van der Waals surface area (Å²) >= 11 is 13.5. The van der Waals surface area contributed by atoms with E-state index in [1.165, 1.54) is 0 Å². The summed E-state index contributed by atoms with van der Waals surface area (Å²) in [7, 11) is 0. The molecule has 3 nitrogen and oxygen atoms in total. The molecule has 0 aliphatic heterocycles. The number of hydrogen-bond donors (Lipinski definition) is 1. The normalized spacial score (nSPS) is 12.6. The van der Waals surface area contributed by atoms with Crippen molar-refractivity contribution in [2.75, 3.05) is 0 Å². The number of halogens is 2. The zero-order valence-electron chi connectivity index (χ0n) is 10.6. The Morgan fingerprint density at radius 1 is 1.32 bits per heavy atom. The van der Waals surface area contributed by atoms with Crippen molar-refractivity contribution < 1.29 is 0 Å². The number of thioether (sulfide) groups is 1. The number of aromatic nitrogens is 2. The zero-order valence-corrected chi connectivity index (χ0v) is 12.9. The van der Waals surface area contributed by atoms with Gasteiger partial charge in [-0.1, -0.05) is 30.1 Å². The van der Waals surface area contributed by atoms with Crippen molar-refractivity contribution in [3.63, 3.8) is 0 Å². The molecule has 1 heterocycles. The molecule has 0 amide bonds. The highest BCUT2D eigenvalue weighted by molar-refractivity contribution is 7.99. The molecule has 1 atom stereocenters. The van der Waals surface area contributed by atoms with E-state index < -0.39 is 0 Å². The van der Waals surface area contributed by atoms with Crippen LogP contribution in [0, 0.1) is 6.92 Å². The standard InChI is InChI=1S/C13H14Cl2N2OS/c1-8-5-13(18)17(16-8)7-9(2)19-10-3-4-11(14)12(15)6-10/h3-6,9,16H,7H2,1-2H3. The van der Waals surface area contributed by atoms with Gasteiger partial charge in [-0.15, -0.1) is 11.8 Å². The van der Waals surface area contributed by atoms with Gasteiger partial charge in [0.05, 0.1) is 16.6 Å². The van der Waals surface area contributed by atoms with Gasteiger partial charge in [-0.3, -0.25) is 14.6 Å². The third-order valence-corrected chi connectivity index (χ3v) is 4.40. The first-order chi connectivity index (χ1) is 8.95. The summed E-state index contributed by atoms with van der Waals surface area (Å²) in [5.41, 5.74) is 0.871. The molecule has 0 fully saturated rings. The highest BCUT2D eigenvalue weighted by Gasteiger charge is 2.09. The quantitative estimate of drug-likeness (QED) is 0.866. The maximum atomic E-state index is 11.6. The monoisotopic (exact) mass is 316 g/mol. The number of hydrogen-bond acceptors (Lipinski definition) is 2. The molecule has 0 bridgehead atoms. The van der Waals surface area contributed by atoms with Gasteiger partial charge in [0.25, 0.3) is 5.56 Å². The first-order valence-corrected chi connectivity index (χ1v) is 7.47. The highest BCUT2D eigenvalue weighted by Crippen LogP contribution is 2.30.